The molecule has 0 aliphatic carbocycles. The predicted molar refractivity (Wildman–Crippen MR) is 150 cm³/mol. The number of hydrogen-bond acceptors (Lipinski definition) is 9. The lowest BCUT2D eigenvalue weighted by atomic mass is 10.0. The Labute approximate surface area is 239 Å². The molecular weight excluding hydrogens is 528 g/mol. The van der Waals surface area contributed by atoms with E-state index in [2.05, 4.69) is 26.4 Å². The van der Waals surface area contributed by atoms with E-state index in [0.29, 0.717) is 24.9 Å². The highest BCUT2D eigenvalue weighted by Crippen LogP contribution is 2.13. The van der Waals surface area contributed by atoms with E-state index in [9.17, 15) is 29.5 Å². The SMILES string of the molecule is Cc1cc(C(=O)N[C@@](C=O)(N[C@@H](CCCCNC(=O)C(C#N)=CC(C)C)C(=O)NCc2ccccc2)[C@@H](C)O)no1. The molecule has 220 valence electrons. The fourth-order valence-corrected chi connectivity index (χ4v) is 3.88. The van der Waals surface area contributed by atoms with Gasteiger partial charge in [-0.1, -0.05) is 55.4 Å². The van der Waals surface area contributed by atoms with Crippen LogP contribution in [0.25, 0.3) is 0 Å². The van der Waals surface area contributed by atoms with Crippen molar-refractivity contribution in [3.05, 3.63) is 65.1 Å². The lowest BCUT2D eigenvalue weighted by Gasteiger charge is -2.36. The molecule has 1 heterocycles. The average molecular weight is 567 g/mol. The number of carbonyl (C=O) groups is 4. The maximum atomic E-state index is 13.3. The van der Waals surface area contributed by atoms with Gasteiger partial charge in [-0.15, -0.1) is 0 Å². The third kappa shape index (κ3) is 10.3. The maximum absolute atomic E-state index is 13.3. The molecule has 2 rings (SSSR count). The zero-order valence-corrected chi connectivity index (χ0v) is 23.8. The Morgan fingerprint density at radius 1 is 1.15 bits per heavy atom. The minimum Gasteiger partial charge on any atom is -0.389 e. The third-order valence-electron chi connectivity index (χ3n) is 6.14. The Morgan fingerprint density at radius 2 is 1.85 bits per heavy atom. The molecule has 0 bridgehead atoms. The predicted octanol–water partition coefficient (Wildman–Crippen LogP) is 1.66. The molecule has 3 atom stereocenters. The summed E-state index contributed by atoms with van der Waals surface area (Å²) in [4.78, 5) is 50.6. The first-order valence-corrected chi connectivity index (χ1v) is 13.4. The lowest BCUT2D eigenvalue weighted by Crippen LogP contribution is -2.70. The fraction of sp³-hybridized carbons (Fsp3) is 0.448. The largest absolute Gasteiger partial charge is 0.389 e. The second-order valence-corrected chi connectivity index (χ2v) is 10.0. The van der Waals surface area contributed by atoms with E-state index in [1.54, 1.807) is 13.0 Å². The number of allylic oxidation sites excluding steroid dienone is 1. The summed E-state index contributed by atoms with van der Waals surface area (Å²) >= 11 is 0. The Balaban J connectivity index is 2.14. The highest BCUT2D eigenvalue weighted by atomic mass is 16.5. The van der Waals surface area contributed by atoms with Crippen LogP contribution in [-0.4, -0.2) is 58.6 Å². The number of aldehydes is 1. The van der Waals surface area contributed by atoms with Gasteiger partial charge in [0.25, 0.3) is 11.8 Å². The van der Waals surface area contributed by atoms with Gasteiger partial charge < -0.3 is 25.6 Å². The van der Waals surface area contributed by atoms with Crippen LogP contribution in [0.1, 0.15) is 61.8 Å². The van der Waals surface area contributed by atoms with Crippen LogP contribution in [0.15, 0.2) is 52.6 Å². The number of rotatable bonds is 16. The lowest BCUT2D eigenvalue weighted by molar-refractivity contribution is -0.127. The van der Waals surface area contributed by atoms with E-state index in [4.69, 9.17) is 4.52 Å². The first-order chi connectivity index (χ1) is 19.5. The smallest absolute Gasteiger partial charge is 0.275 e. The van der Waals surface area contributed by atoms with Crippen molar-refractivity contribution in [3.63, 3.8) is 0 Å². The fourth-order valence-electron chi connectivity index (χ4n) is 3.88. The van der Waals surface area contributed by atoms with E-state index >= 15 is 0 Å². The van der Waals surface area contributed by atoms with Gasteiger partial charge in [-0.3, -0.25) is 24.5 Å². The maximum Gasteiger partial charge on any atom is 0.275 e. The van der Waals surface area contributed by atoms with Gasteiger partial charge in [0.1, 0.15) is 17.4 Å². The number of nitriles is 1. The molecule has 0 radical (unpaired) electrons. The second-order valence-electron chi connectivity index (χ2n) is 10.0. The Hall–Kier alpha value is -4.34. The molecule has 5 N–H and O–H groups in total. The third-order valence-corrected chi connectivity index (χ3v) is 6.14. The number of unbranched alkanes of at least 4 members (excludes halogenated alkanes) is 1. The van der Waals surface area contributed by atoms with Gasteiger partial charge in [-0.05, 0) is 44.6 Å². The van der Waals surface area contributed by atoms with Crippen molar-refractivity contribution < 1.29 is 28.8 Å². The molecule has 12 nitrogen and oxygen atoms in total. The van der Waals surface area contributed by atoms with Gasteiger partial charge in [0.2, 0.25) is 5.91 Å². The number of hydrogen-bond donors (Lipinski definition) is 5. The zero-order valence-electron chi connectivity index (χ0n) is 23.8. The van der Waals surface area contributed by atoms with Crippen molar-refractivity contribution in [2.75, 3.05) is 6.54 Å². The van der Waals surface area contributed by atoms with Crippen LogP contribution < -0.4 is 21.3 Å². The monoisotopic (exact) mass is 566 g/mol. The Kier molecular flexibility index (Phi) is 12.9. The molecule has 41 heavy (non-hydrogen) atoms. The topological polar surface area (TPSA) is 186 Å². The number of benzene rings is 1. The molecule has 0 aliphatic heterocycles. The number of aliphatic hydroxyl groups excluding tert-OH is 1. The van der Waals surface area contributed by atoms with Gasteiger partial charge in [0.05, 0.1) is 12.1 Å². The number of nitrogens with zero attached hydrogens (tertiary/aromatic N) is 2. The molecule has 1 aromatic carbocycles. The van der Waals surface area contributed by atoms with Gasteiger partial charge in [0, 0.05) is 19.2 Å². The van der Waals surface area contributed by atoms with Crippen molar-refractivity contribution in [2.24, 2.45) is 5.92 Å². The normalized spacial score (nSPS) is 14.3. The summed E-state index contributed by atoms with van der Waals surface area (Å²) in [5.74, 6) is -1.29. The summed E-state index contributed by atoms with van der Waals surface area (Å²) < 4.78 is 4.92. The van der Waals surface area contributed by atoms with Crippen molar-refractivity contribution in [1.29, 1.82) is 5.26 Å². The quantitative estimate of drug-likeness (QED) is 0.0662. The Morgan fingerprint density at radius 3 is 2.41 bits per heavy atom. The van der Waals surface area contributed by atoms with Gasteiger partial charge >= 0.3 is 0 Å². The van der Waals surface area contributed by atoms with E-state index in [-0.39, 0.29) is 36.7 Å². The van der Waals surface area contributed by atoms with Gasteiger partial charge in [-0.25, -0.2) is 0 Å². The highest BCUT2D eigenvalue weighted by Gasteiger charge is 2.41. The molecular formula is C29H38N6O6. The number of aryl methyl sites for hydroxylation is 1. The van der Waals surface area contributed by atoms with Crippen molar-refractivity contribution in [3.8, 4) is 6.07 Å². The summed E-state index contributed by atoms with van der Waals surface area (Å²) in [6.07, 6.45) is 1.57. The van der Waals surface area contributed by atoms with Crippen LogP contribution in [0.3, 0.4) is 0 Å². The first kappa shape index (κ1) is 32.9. The summed E-state index contributed by atoms with van der Waals surface area (Å²) in [7, 11) is 0. The Bertz CT molecular complexity index is 1250. The van der Waals surface area contributed by atoms with Crippen molar-refractivity contribution in [2.45, 2.75) is 71.3 Å². The summed E-state index contributed by atoms with van der Waals surface area (Å²) in [6, 6.07) is 11.5. The molecule has 0 aliphatic rings. The summed E-state index contributed by atoms with van der Waals surface area (Å²) in [6.45, 7) is 7.11. The van der Waals surface area contributed by atoms with Crippen LogP contribution in [0.2, 0.25) is 0 Å². The minimum absolute atomic E-state index is 0.0329. The van der Waals surface area contributed by atoms with Gasteiger partial charge in [-0.2, -0.15) is 5.26 Å². The van der Waals surface area contributed by atoms with Crippen LogP contribution in [0.5, 0.6) is 0 Å². The number of amides is 3. The molecule has 0 spiro atoms. The molecule has 0 unspecified atom stereocenters. The molecule has 2 aromatic rings. The average Bonchev–Trinajstić information content (AvgIpc) is 3.39. The standard InChI is InChI=1S/C29H38N6O6/c1-19(2)14-23(16-30)26(38)31-13-9-8-12-24(27(39)32-17-22-10-6-5-7-11-22)33-29(18-36,21(4)37)34-28(40)25-15-20(3)41-35-25/h5-7,10-11,14-15,18-19,21,24,33,37H,8-9,12-13,17H2,1-4H3,(H,31,38)(H,32,39)(H,34,40)/t21-,24+,29-/m1/s1. The molecule has 0 saturated carbocycles. The van der Waals surface area contributed by atoms with E-state index < -0.39 is 35.5 Å². The van der Waals surface area contributed by atoms with E-state index in [0.717, 1.165) is 5.56 Å². The summed E-state index contributed by atoms with van der Waals surface area (Å²) in [5.41, 5.74) is -1.22. The van der Waals surface area contributed by atoms with Crippen molar-refractivity contribution >= 4 is 24.0 Å². The first-order valence-electron chi connectivity index (χ1n) is 13.4. The van der Waals surface area contributed by atoms with Crippen LogP contribution in [-0.2, 0) is 20.9 Å². The molecule has 3 amide bonds. The molecule has 0 saturated heterocycles. The molecule has 0 fully saturated rings. The van der Waals surface area contributed by atoms with E-state index in [1.165, 1.54) is 13.0 Å². The number of aliphatic hydroxyl groups is 1. The van der Waals surface area contributed by atoms with Gasteiger partial charge in [0.15, 0.2) is 17.6 Å². The number of nitrogens with one attached hydrogen (secondary N) is 4. The summed E-state index contributed by atoms with van der Waals surface area (Å²) in [5, 5.41) is 34.2. The van der Waals surface area contributed by atoms with E-state index in [1.807, 2.05) is 50.2 Å². The molecule has 12 heteroatoms. The zero-order chi connectivity index (χ0) is 30.4. The molecule has 1 aromatic heterocycles. The number of aromatic nitrogens is 1. The minimum atomic E-state index is -2.02. The number of carbonyl (C=O) groups excluding carboxylic acids is 4. The highest BCUT2D eigenvalue weighted by molar-refractivity contribution is 5.97. The van der Waals surface area contributed by atoms with Crippen LogP contribution in [0, 0.1) is 24.2 Å². The van der Waals surface area contributed by atoms with Crippen molar-refractivity contribution in [1.82, 2.24) is 26.4 Å². The van der Waals surface area contributed by atoms with Crippen LogP contribution in [0.4, 0.5) is 0 Å². The second kappa shape index (κ2) is 16.1. The van der Waals surface area contributed by atoms with Crippen LogP contribution >= 0.6 is 0 Å².